The minimum atomic E-state index is -0.139. The zero-order chi connectivity index (χ0) is 23.1. The molecule has 0 aromatic heterocycles. The van der Waals surface area contributed by atoms with Crippen molar-refractivity contribution in [2.75, 3.05) is 27.8 Å². The Hall–Kier alpha value is -2.84. The standard InChI is InChI=1S/C24H26N2O4S2/c1-25(16-17-8-5-4-6-9-17)22(27)10-7-13-26-23(28)21(32-24(26)31)15-18-11-12-19(29-2)20(14-18)30-3/h4-6,8-9,11-12,14-15H,7,10,13,16H2,1-3H3/b21-15-. The Morgan fingerprint density at radius 3 is 2.53 bits per heavy atom. The SMILES string of the molecule is COc1ccc(/C=C2\SC(=S)N(CCCC(=O)N(C)Cc3ccccc3)C2=O)cc1OC. The van der Waals surface area contributed by atoms with E-state index in [1.54, 1.807) is 43.2 Å². The van der Waals surface area contributed by atoms with E-state index in [2.05, 4.69) is 0 Å². The number of benzene rings is 2. The molecule has 0 bridgehead atoms. The summed E-state index contributed by atoms with van der Waals surface area (Å²) in [7, 11) is 4.94. The third-order valence-corrected chi connectivity index (χ3v) is 6.42. The third-order valence-electron chi connectivity index (χ3n) is 5.04. The van der Waals surface area contributed by atoms with Gasteiger partial charge < -0.3 is 14.4 Å². The molecule has 0 atom stereocenters. The lowest BCUT2D eigenvalue weighted by molar-refractivity contribution is -0.131. The Morgan fingerprint density at radius 1 is 1.12 bits per heavy atom. The Bertz CT molecular complexity index is 1020. The van der Waals surface area contributed by atoms with Gasteiger partial charge in [0.1, 0.15) is 4.32 Å². The van der Waals surface area contributed by atoms with Crippen molar-refractivity contribution in [1.82, 2.24) is 9.80 Å². The lowest BCUT2D eigenvalue weighted by Gasteiger charge is -2.19. The van der Waals surface area contributed by atoms with Gasteiger partial charge in [0.2, 0.25) is 5.91 Å². The normalized spacial score (nSPS) is 14.7. The molecule has 8 heteroatoms. The molecule has 3 rings (SSSR count). The maximum Gasteiger partial charge on any atom is 0.266 e. The monoisotopic (exact) mass is 470 g/mol. The van der Waals surface area contributed by atoms with Crippen LogP contribution in [0.25, 0.3) is 6.08 Å². The first kappa shape index (κ1) is 23.8. The number of ether oxygens (including phenoxy) is 2. The first-order chi connectivity index (χ1) is 15.4. The van der Waals surface area contributed by atoms with Gasteiger partial charge in [-0.15, -0.1) is 0 Å². The zero-order valence-electron chi connectivity index (χ0n) is 18.4. The number of hydrogen-bond acceptors (Lipinski definition) is 6. The van der Waals surface area contributed by atoms with E-state index in [4.69, 9.17) is 21.7 Å². The van der Waals surface area contributed by atoms with Crippen molar-refractivity contribution in [1.29, 1.82) is 0 Å². The van der Waals surface area contributed by atoms with E-state index in [0.717, 1.165) is 11.1 Å². The van der Waals surface area contributed by atoms with Crippen LogP contribution >= 0.6 is 24.0 Å². The molecular weight excluding hydrogens is 444 g/mol. The van der Waals surface area contributed by atoms with Crippen LogP contribution in [0.1, 0.15) is 24.0 Å². The van der Waals surface area contributed by atoms with Gasteiger partial charge in [-0.25, -0.2) is 0 Å². The van der Waals surface area contributed by atoms with Crippen molar-refractivity contribution in [3.63, 3.8) is 0 Å². The molecule has 6 nitrogen and oxygen atoms in total. The van der Waals surface area contributed by atoms with E-state index in [-0.39, 0.29) is 11.8 Å². The van der Waals surface area contributed by atoms with Gasteiger partial charge in [-0.3, -0.25) is 14.5 Å². The van der Waals surface area contributed by atoms with Gasteiger partial charge in [0.15, 0.2) is 11.5 Å². The number of carbonyl (C=O) groups is 2. The molecule has 0 N–H and O–H groups in total. The second kappa shape index (κ2) is 11.2. The van der Waals surface area contributed by atoms with Gasteiger partial charge in [-0.2, -0.15) is 0 Å². The topological polar surface area (TPSA) is 59.1 Å². The first-order valence-corrected chi connectivity index (χ1v) is 11.4. The molecule has 0 radical (unpaired) electrons. The van der Waals surface area contributed by atoms with Gasteiger partial charge >= 0.3 is 0 Å². The van der Waals surface area contributed by atoms with Crippen LogP contribution < -0.4 is 9.47 Å². The second-order valence-electron chi connectivity index (χ2n) is 7.29. The molecule has 2 aromatic carbocycles. The summed E-state index contributed by atoms with van der Waals surface area (Å²) >= 11 is 6.67. The summed E-state index contributed by atoms with van der Waals surface area (Å²) in [5, 5.41) is 0. The zero-order valence-corrected chi connectivity index (χ0v) is 20.0. The Morgan fingerprint density at radius 2 is 1.84 bits per heavy atom. The summed E-state index contributed by atoms with van der Waals surface area (Å²) in [4.78, 5) is 29.1. The highest BCUT2D eigenvalue weighted by atomic mass is 32.2. The largest absolute Gasteiger partial charge is 0.493 e. The number of hydrogen-bond donors (Lipinski definition) is 0. The molecule has 168 valence electrons. The molecule has 0 saturated carbocycles. The number of nitrogens with zero attached hydrogens (tertiary/aromatic N) is 2. The van der Waals surface area contributed by atoms with E-state index in [9.17, 15) is 9.59 Å². The van der Waals surface area contributed by atoms with Gasteiger partial charge in [0, 0.05) is 26.6 Å². The number of amides is 2. The van der Waals surface area contributed by atoms with Gasteiger partial charge in [0.05, 0.1) is 19.1 Å². The molecule has 1 aliphatic rings. The van der Waals surface area contributed by atoms with Gasteiger partial charge in [-0.05, 0) is 35.8 Å². The Kier molecular flexibility index (Phi) is 8.30. The number of rotatable bonds is 9. The summed E-state index contributed by atoms with van der Waals surface area (Å²) in [5.74, 6) is 1.12. The minimum absolute atomic E-state index is 0.0418. The highest BCUT2D eigenvalue weighted by Gasteiger charge is 2.31. The predicted octanol–water partition coefficient (Wildman–Crippen LogP) is 4.34. The minimum Gasteiger partial charge on any atom is -0.493 e. The van der Waals surface area contributed by atoms with E-state index in [0.29, 0.717) is 46.7 Å². The molecule has 0 unspecified atom stereocenters. The molecular formula is C24H26N2O4S2. The number of thiocarbonyl (C=S) groups is 1. The fourth-order valence-electron chi connectivity index (χ4n) is 3.31. The van der Waals surface area contributed by atoms with Crippen LogP contribution in [0, 0.1) is 0 Å². The highest BCUT2D eigenvalue weighted by molar-refractivity contribution is 8.26. The van der Waals surface area contributed by atoms with Gasteiger partial charge in [-0.1, -0.05) is 60.4 Å². The fraction of sp³-hybridized carbons (Fsp3) is 0.292. The van der Waals surface area contributed by atoms with Crippen molar-refractivity contribution in [3.8, 4) is 11.5 Å². The summed E-state index contributed by atoms with van der Waals surface area (Å²) in [6, 6.07) is 15.3. The summed E-state index contributed by atoms with van der Waals surface area (Å²) in [6.45, 7) is 0.980. The van der Waals surface area contributed by atoms with E-state index in [1.807, 2.05) is 42.5 Å². The quantitative estimate of drug-likeness (QED) is 0.401. The molecule has 2 aromatic rings. The Labute approximate surface area is 198 Å². The molecule has 1 saturated heterocycles. The maximum atomic E-state index is 12.8. The molecule has 2 amide bonds. The van der Waals surface area contributed by atoms with Crippen LogP contribution in [0.2, 0.25) is 0 Å². The van der Waals surface area contributed by atoms with Gasteiger partial charge in [0.25, 0.3) is 5.91 Å². The van der Waals surface area contributed by atoms with Crippen LogP contribution in [-0.4, -0.2) is 53.7 Å². The Balaban J connectivity index is 1.56. The van der Waals surface area contributed by atoms with E-state index in [1.165, 1.54) is 11.8 Å². The number of carbonyl (C=O) groups excluding carboxylic acids is 2. The highest BCUT2D eigenvalue weighted by Crippen LogP contribution is 2.34. The van der Waals surface area contributed by atoms with Crippen molar-refractivity contribution < 1.29 is 19.1 Å². The average Bonchev–Trinajstić information content (AvgIpc) is 3.06. The van der Waals surface area contributed by atoms with Crippen LogP contribution in [0.4, 0.5) is 0 Å². The second-order valence-corrected chi connectivity index (χ2v) is 8.96. The smallest absolute Gasteiger partial charge is 0.266 e. The lowest BCUT2D eigenvalue weighted by atomic mass is 10.2. The van der Waals surface area contributed by atoms with Crippen LogP contribution in [0.3, 0.4) is 0 Å². The van der Waals surface area contributed by atoms with Crippen molar-refractivity contribution in [2.45, 2.75) is 19.4 Å². The average molecular weight is 471 g/mol. The van der Waals surface area contributed by atoms with Crippen molar-refractivity contribution in [2.24, 2.45) is 0 Å². The molecule has 1 aliphatic heterocycles. The number of thioether (sulfide) groups is 1. The molecule has 0 aliphatic carbocycles. The fourth-order valence-corrected chi connectivity index (χ4v) is 4.62. The van der Waals surface area contributed by atoms with Crippen molar-refractivity contribution in [3.05, 3.63) is 64.6 Å². The van der Waals surface area contributed by atoms with Crippen LogP contribution in [-0.2, 0) is 16.1 Å². The summed E-state index contributed by atoms with van der Waals surface area (Å²) in [5.41, 5.74) is 1.90. The lowest BCUT2D eigenvalue weighted by Crippen LogP contribution is -2.31. The number of methoxy groups -OCH3 is 2. The maximum absolute atomic E-state index is 12.8. The van der Waals surface area contributed by atoms with Crippen LogP contribution in [0.5, 0.6) is 11.5 Å². The summed E-state index contributed by atoms with van der Waals surface area (Å²) in [6.07, 6.45) is 2.70. The van der Waals surface area contributed by atoms with E-state index >= 15 is 0 Å². The summed E-state index contributed by atoms with van der Waals surface area (Å²) < 4.78 is 11.1. The van der Waals surface area contributed by atoms with Crippen LogP contribution in [0.15, 0.2) is 53.4 Å². The molecule has 1 heterocycles. The third kappa shape index (κ3) is 5.89. The van der Waals surface area contributed by atoms with E-state index < -0.39 is 0 Å². The molecule has 1 fully saturated rings. The van der Waals surface area contributed by atoms with Crippen molar-refractivity contribution >= 4 is 46.2 Å². The predicted molar refractivity (Wildman–Crippen MR) is 132 cm³/mol. The first-order valence-electron chi connectivity index (χ1n) is 10.2. The molecule has 32 heavy (non-hydrogen) atoms. The molecule has 0 spiro atoms.